The number of ether oxygens (including phenoxy) is 1. The number of nitrogens with two attached hydrogens (primary N) is 1. The molecule has 0 unspecified atom stereocenters. The number of nitrogens with one attached hydrogen (secondary N) is 1. The van der Waals surface area contributed by atoms with Crippen molar-refractivity contribution in [2.75, 3.05) is 0 Å². The molecule has 0 atom stereocenters. The predicted octanol–water partition coefficient (Wildman–Crippen LogP) is 3.44. The van der Waals surface area contributed by atoms with Crippen molar-refractivity contribution < 1.29 is 18.8 Å². The van der Waals surface area contributed by atoms with Crippen LogP contribution in [-0.4, -0.2) is 34.1 Å². The van der Waals surface area contributed by atoms with Crippen molar-refractivity contribution >= 4 is 11.8 Å². The second-order valence-electron chi connectivity index (χ2n) is 9.56. The fourth-order valence-corrected chi connectivity index (χ4v) is 5.37. The molecule has 1 aromatic carbocycles. The summed E-state index contributed by atoms with van der Waals surface area (Å²) in [5.41, 5.74) is 8.90. The minimum atomic E-state index is -0.563. The molecular formula is C26H25N5O4. The topological polar surface area (TPSA) is 144 Å². The Bertz CT molecular complexity index is 1340. The first kappa shape index (κ1) is 22.6. The van der Waals surface area contributed by atoms with Gasteiger partial charge in [0.1, 0.15) is 17.4 Å². The summed E-state index contributed by atoms with van der Waals surface area (Å²) >= 11 is 0. The molecule has 3 aromatic rings. The van der Waals surface area contributed by atoms with E-state index in [1.54, 1.807) is 43.5 Å². The molecule has 2 fully saturated rings. The Labute approximate surface area is 202 Å². The highest BCUT2D eigenvalue weighted by Crippen LogP contribution is 2.56. The summed E-state index contributed by atoms with van der Waals surface area (Å²) in [6.45, 7) is 3.64. The number of primary amides is 1. The minimum Gasteiger partial charge on any atom is -0.474 e. The average molecular weight is 472 g/mol. The molecule has 0 aliphatic heterocycles. The quantitative estimate of drug-likeness (QED) is 0.560. The molecule has 2 amide bonds. The van der Waals surface area contributed by atoms with Crippen LogP contribution < -0.4 is 15.8 Å². The number of nitriles is 1. The highest BCUT2D eigenvalue weighted by atomic mass is 16.5. The van der Waals surface area contributed by atoms with E-state index in [0.717, 1.165) is 36.8 Å². The molecule has 9 heteroatoms. The number of pyridine rings is 1. The van der Waals surface area contributed by atoms with Crippen LogP contribution in [0.15, 0.2) is 41.1 Å². The van der Waals surface area contributed by atoms with E-state index in [9.17, 15) is 14.9 Å². The molecule has 2 aromatic heterocycles. The van der Waals surface area contributed by atoms with Gasteiger partial charge in [-0.05, 0) is 80.8 Å². The standard InChI is InChI=1S/C26H25N5O4/c1-14-22(15(2)35-31-14)17-6-16(13-27)7-18(8-17)24(33)30-19-9-26(10-19)11-20(12-26)34-25-21(23(28)32)4-3-5-29-25/h3-8,19-20H,9-12H2,1-2H3,(H2,28,32)(H,30,33). The van der Waals surface area contributed by atoms with E-state index in [1.165, 1.54) is 0 Å². The number of nitrogens with zero attached hydrogens (tertiary/aromatic N) is 3. The van der Waals surface area contributed by atoms with Gasteiger partial charge in [-0.2, -0.15) is 5.26 Å². The van der Waals surface area contributed by atoms with E-state index < -0.39 is 5.91 Å². The Morgan fingerprint density at radius 1 is 1.23 bits per heavy atom. The summed E-state index contributed by atoms with van der Waals surface area (Å²) in [5.74, 6) is 0.143. The van der Waals surface area contributed by atoms with Gasteiger partial charge in [0.15, 0.2) is 0 Å². The van der Waals surface area contributed by atoms with Gasteiger partial charge in [0.2, 0.25) is 5.88 Å². The van der Waals surface area contributed by atoms with Crippen molar-refractivity contribution in [1.82, 2.24) is 15.5 Å². The SMILES string of the molecule is Cc1noc(C)c1-c1cc(C#N)cc(C(=O)NC2CC3(C2)CC(Oc2ncccc2C(N)=O)C3)c1. The van der Waals surface area contributed by atoms with Crippen LogP contribution >= 0.6 is 0 Å². The number of aryl methyl sites for hydroxylation is 2. The van der Waals surface area contributed by atoms with Gasteiger partial charge in [0, 0.05) is 23.4 Å². The molecule has 3 N–H and O–H groups in total. The zero-order valence-electron chi connectivity index (χ0n) is 19.5. The van der Waals surface area contributed by atoms with Gasteiger partial charge in [0.05, 0.1) is 17.3 Å². The van der Waals surface area contributed by atoms with Crippen molar-refractivity contribution in [3.63, 3.8) is 0 Å². The minimum absolute atomic E-state index is 0.0235. The van der Waals surface area contributed by atoms with Crippen LogP contribution in [0.25, 0.3) is 11.1 Å². The van der Waals surface area contributed by atoms with E-state index in [2.05, 4.69) is 21.5 Å². The fourth-order valence-electron chi connectivity index (χ4n) is 5.37. The third-order valence-electron chi connectivity index (χ3n) is 6.98. The van der Waals surface area contributed by atoms with Gasteiger partial charge in [-0.25, -0.2) is 4.98 Å². The van der Waals surface area contributed by atoms with E-state index in [-0.39, 0.29) is 34.9 Å². The number of aromatic nitrogens is 2. The molecule has 5 rings (SSSR count). The normalized spacial score (nSPS) is 22.5. The molecule has 2 aliphatic carbocycles. The summed E-state index contributed by atoms with van der Waals surface area (Å²) in [4.78, 5) is 28.7. The summed E-state index contributed by atoms with van der Waals surface area (Å²) in [6, 6.07) is 10.6. The van der Waals surface area contributed by atoms with Crippen LogP contribution in [0, 0.1) is 30.6 Å². The maximum atomic E-state index is 13.0. The van der Waals surface area contributed by atoms with Gasteiger partial charge >= 0.3 is 0 Å². The highest BCUT2D eigenvalue weighted by Gasteiger charge is 2.54. The lowest BCUT2D eigenvalue weighted by molar-refractivity contribution is -0.0848. The number of hydrogen-bond acceptors (Lipinski definition) is 7. The lowest BCUT2D eigenvalue weighted by Gasteiger charge is -2.57. The summed E-state index contributed by atoms with van der Waals surface area (Å²) in [7, 11) is 0. The number of amides is 2. The lowest BCUT2D eigenvalue weighted by atomic mass is 9.53. The molecule has 178 valence electrons. The summed E-state index contributed by atoms with van der Waals surface area (Å²) < 4.78 is 11.2. The smallest absolute Gasteiger partial charge is 0.254 e. The molecule has 9 nitrogen and oxygen atoms in total. The number of hydrogen-bond donors (Lipinski definition) is 2. The third kappa shape index (κ3) is 4.23. The van der Waals surface area contributed by atoms with Crippen molar-refractivity contribution in [1.29, 1.82) is 5.26 Å². The van der Waals surface area contributed by atoms with Crippen molar-refractivity contribution in [3.05, 3.63) is 64.7 Å². The second kappa shape index (κ2) is 8.55. The molecule has 1 spiro atoms. The first-order valence-corrected chi connectivity index (χ1v) is 11.5. The first-order chi connectivity index (χ1) is 16.8. The Balaban J connectivity index is 1.20. The maximum Gasteiger partial charge on any atom is 0.254 e. The molecule has 0 saturated heterocycles. The average Bonchev–Trinajstić information content (AvgIpc) is 3.13. The number of carbonyl (C=O) groups excluding carboxylic acids is 2. The molecule has 2 saturated carbocycles. The van der Waals surface area contributed by atoms with Gasteiger partial charge in [-0.3, -0.25) is 9.59 Å². The molecular weight excluding hydrogens is 446 g/mol. The number of rotatable bonds is 6. The monoisotopic (exact) mass is 471 g/mol. The van der Waals surface area contributed by atoms with Gasteiger partial charge in [-0.15, -0.1) is 0 Å². The summed E-state index contributed by atoms with van der Waals surface area (Å²) in [6.07, 6.45) is 4.95. The van der Waals surface area contributed by atoms with Crippen LogP contribution in [-0.2, 0) is 0 Å². The highest BCUT2D eigenvalue weighted by molar-refractivity contribution is 5.96. The van der Waals surface area contributed by atoms with E-state index >= 15 is 0 Å². The Kier molecular flexibility index (Phi) is 5.52. The van der Waals surface area contributed by atoms with E-state index in [1.807, 2.05) is 6.92 Å². The molecule has 2 aliphatic rings. The van der Waals surface area contributed by atoms with E-state index in [4.69, 9.17) is 15.0 Å². The van der Waals surface area contributed by atoms with Gasteiger partial charge in [0.25, 0.3) is 11.8 Å². The number of benzene rings is 1. The molecule has 35 heavy (non-hydrogen) atoms. The van der Waals surface area contributed by atoms with Crippen molar-refractivity contribution in [2.24, 2.45) is 11.1 Å². The zero-order chi connectivity index (χ0) is 24.7. The zero-order valence-corrected chi connectivity index (χ0v) is 19.5. The Morgan fingerprint density at radius 3 is 2.66 bits per heavy atom. The van der Waals surface area contributed by atoms with E-state index in [0.29, 0.717) is 22.6 Å². The largest absolute Gasteiger partial charge is 0.474 e. The van der Waals surface area contributed by atoms with Crippen LogP contribution in [0.4, 0.5) is 0 Å². The first-order valence-electron chi connectivity index (χ1n) is 11.5. The molecule has 2 heterocycles. The Morgan fingerprint density at radius 2 is 2.00 bits per heavy atom. The van der Waals surface area contributed by atoms with Crippen LogP contribution in [0.2, 0.25) is 0 Å². The van der Waals surface area contributed by atoms with Crippen LogP contribution in [0.3, 0.4) is 0 Å². The summed E-state index contributed by atoms with van der Waals surface area (Å²) in [5, 5.41) is 16.5. The second-order valence-corrected chi connectivity index (χ2v) is 9.56. The molecule has 0 radical (unpaired) electrons. The van der Waals surface area contributed by atoms with Gasteiger partial charge < -0.3 is 20.3 Å². The van der Waals surface area contributed by atoms with Crippen molar-refractivity contribution in [2.45, 2.75) is 51.7 Å². The number of carbonyl (C=O) groups is 2. The molecule has 0 bridgehead atoms. The van der Waals surface area contributed by atoms with Crippen molar-refractivity contribution in [3.8, 4) is 23.1 Å². The van der Waals surface area contributed by atoms with Gasteiger partial charge in [-0.1, -0.05) is 5.16 Å². The van der Waals surface area contributed by atoms with Crippen LogP contribution in [0.1, 0.15) is 63.4 Å². The predicted molar refractivity (Wildman–Crippen MR) is 125 cm³/mol. The fraction of sp³-hybridized carbons (Fsp3) is 0.346. The lowest BCUT2D eigenvalue weighted by Crippen LogP contribution is -2.58. The van der Waals surface area contributed by atoms with Crippen LogP contribution in [0.5, 0.6) is 5.88 Å². The maximum absolute atomic E-state index is 13.0. The Hall–Kier alpha value is -4.19. The third-order valence-corrected chi connectivity index (χ3v) is 6.98.